The number of carboxylic acids is 1. The molecule has 3 aliphatic rings. The Hall–Kier alpha value is -5.22. The van der Waals surface area contributed by atoms with Crippen LogP contribution < -0.4 is 20.4 Å². The molecule has 3 heterocycles. The van der Waals surface area contributed by atoms with Gasteiger partial charge in [0.25, 0.3) is 0 Å². The molecule has 59 heavy (non-hydrogen) atoms. The first-order valence-electron chi connectivity index (χ1n) is 20.3. The number of amides is 4. The molecule has 0 unspecified atom stereocenters. The number of likely N-dealkylation sites (tertiary alicyclic amines) is 1. The van der Waals surface area contributed by atoms with E-state index in [2.05, 4.69) is 5.32 Å². The zero-order chi connectivity index (χ0) is 43.4. The van der Waals surface area contributed by atoms with E-state index in [9.17, 15) is 33.9 Å². The lowest BCUT2D eigenvalue weighted by Gasteiger charge is -2.33. The molecule has 0 spiro atoms. The summed E-state index contributed by atoms with van der Waals surface area (Å²) in [5.74, 6) is -3.44. The van der Waals surface area contributed by atoms with E-state index >= 15 is 8.78 Å². The number of carboxylic acid groups (broad SMARTS) is 1. The Morgan fingerprint density at radius 2 is 1.61 bits per heavy atom. The van der Waals surface area contributed by atoms with Crippen molar-refractivity contribution in [2.75, 3.05) is 44.7 Å². The molecule has 1 aromatic heterocycles. The number of fused-ring (bicyclic) bond motifs is 1. The van der Waals surface area contributed by atoms with Crippen molar-refractivity contribution in [2.45, 2.75) is 129 Å². The largest absolute Gasteiger partial charge is 0.492 e. The Balaban J connectivity index is 1.18. The number of methoxy groups -OCH3 is 1. The van der Waals surface area contributed by atoms with E-state index in [1.54, 1.807) is 51.0 Å². The van der Waals surface area contributed by atoms with Crippen molar-refractivity contribution in [3.8, 4) is 5.75 Å². The highest BCUT2D eigenvalue weighted by atomic mass is 19.1. The SMILES string of the molecule is COc1c(N2CCCC(=C(F)CNC(=O)[C@@H]3CCCN3C(=O)CCCCCN(C(=O)OC(C)(C)C)C(=O)OC(C)(C)C)C2)c(F)cc2c(=O)c(C(=O)O)cn(C3CC3)c12. The second kappa shape index (κ2) is 18.4. The quantitative estimate of drug-likeness (QED) is 0.202. The number of aromatic carboxylic acids is 1. The number of carbonyl (C=O) groups is 5. The number of nitrogens with zero attached hydrogens (tertiary/aromatic N) is 4. The third kappa shape index (κ3) is 11.1. The standard InChI is InChI=1S/C42H57F2N5O10/c1-41(2,3)58-39(55)48(40(56)59-42(4,5)6)19-10-8-9-15-32(50)47-20-12-14-31(47)37(52)45-22-30(44)25-13-11-18-46(23-25)34-29(43)21-27-33(36(34)57-7)49(26-16-17-26)24-28(35(27)51)38(53)54/h21,24,26,31H,8-20,22-23H2,1-7H3,(H,45,52)(H,53,54)/t31-/m0/s1. The van der Waals surface area contributed by atoms with Gasteiger partial charge in [-0.1, -0.05) is 6.42 Å². The minimum Gasteiger partial charge on any atom is -0.492 e. The molecule has 324 valence electrons. The highest BCUT2D eigenvalue weighted by molar-refractivity contribution is 5.97. The van der Waals surface area contributed by atoms with E-state index in [-0.39, 0.29) is 53.8 Å². The highest BCUT2D eigenvalue weighted by Gasteiger charge is 2.36. The number of benzene rings is 1. The molecular weight excluding hydrogens is 772 g/mol. The maximum Gasteiger partial charge on any atom is 0.419 e. The van der Waals surface area contributed by atoms with Crippen molar-refractivity contribution in [2.24, 2.45) is 0 Å². The van der Waals surface area contributed by atoms with Gasteiger partial charge in [0.2, 0.25) is 17.2 Å². The van der Waals surface area contributed by atoms with Crippen LogP contribution in [0.2, 0.25) is 0 Å². The number of nitrogens with one attached hydrogen (secondary N) is 1. The number of hydrogen-bond acceptors (Lipinski definition) is 10. The first-order valence-corrected chi connectivity index (χ1v) is 20.3. The molecule has 2 aliphatic heterocycles. The van der Waals surface area contributed by atoms with E-state index in [4.69, 9.17) is 14.2 Å². The van der Waals surface area contributed by atoms with Crippen LogP contribution in [0.4, 0.5) is 24.1 Å². The third-order valence-corrected chi connectivity index (χ3v) is 10.4. The van der Waals surface area contributed by atoms with Gasteiger partial charge in [0.1, 0.15) is 34.3 Å². The second-order valence-corrected chi connectivity index (χ2v) is 17.4. The Bertz CT molecular complexity index is 2020. The normalized spacial score (nSPS) is 18.1. The molecule has 2 aromatic rings. The van der Waals surface area contributed by atoms with E-state index in [0.717, 1.165) is 23.8 Å². The number of hydrogen-bond donors (Lipinski definition) is 2. The first kappa shape index (κ1) is 44.9. The Morgan fingerprint density at radius 1 is 0.949 bits per heavy atom. The molecule has 2 N–H and O–H groups in total. The number of pyridine rings is 1. The zero-order valence-electron chi connectivity index (χ0n) is 35.1. The van der Waals surface area contributed by atoms with Gasteiger partial charge in [-0.3, -0.25) is 14.4 Å². The maximum atomic E-state index is 15.9. The Labute approximate surface area is 342 Å². The number of aromatic nitrogens is 1. The van der Waals surface area contributed by atoms with Crippen LogP contribution in [0.1, 0.15) is 122 Å². The van der Waals surface area contributed by atoms with Gasteiger partial charge in [-0.15, -0.1) is 0 Å². The topological polar surface area (TPSA) is 177 Å². The lowest BCUT2D eigenvalue weighted by Crippen LogP contribution is -2.46. The van der Waals surface area contributed by atoms with Gasteiger partial charge in [0.15, 0.2) is 11.6 Å². The van der Waals surface area contributed by atoms with Crippen LogP contribution in [0.5, 0.6) is 5.75 Å². The van der Waals surface area contributed by atoms with E-state index in [1.807, 2.05) is 0 Å². The molecule has 1 saturated carbocycles. The van der Waals surface area contributed by atoms with Crippen LogP contribution in [0.3, 0.4) is 0 Å². The summed E-state index contributed by atoms with van der Waals surface area (Å²) >= 11 is 0. The van der Waals surface area contributed by atoms with Crippen LogP contribution in [0.25, 0.3) is 10.9 Å². The molecule has 1 atom stereocenters. The molecular formula is C42H57F2N5O10. The summed E-state index contributed by atoms with van der Waals surface area (Å²) in [4.78, 5) is 81.1. The molecule has 4 amide bonds. The number of ether oxygens (including phenoxy) is 3. The molecule has 0 radical (unpaired) electrons. The fourth-order valence-corrected chi connectivity index (χ4v) is 7.51. The van der Waals surface area contributed by atoms with Gasteiger partial charge in [-0.2, -0.15) is 0 Å². The fourth-order valence-electron chi connectivity index (χ4n) is 7.51. The van der Waals surface area contributed by atoms with Gasteiger partial charge >= 0.3 is 18.2 Å². The molecule has 3 fully saturated rings. The molecule has 5 rings (SSSR count). The fraction of sp³-hybridized carbons (Fsp3) is 0.619. The molecule has 17 heteroatoms. The van der Waals surface area contributed by atoms with Crippen molar-refractivity contribution in [1.82, 2.24) is 19.7 Å². The smallest absolute Gasteiger partial charge is 0.419 e. The number of imide groups is 1. The monoisotopic (exact) mass is 829 g/mol. The van der Waals surface area contributed by atoms with Gasteiger partial charge in [-0.05, 0) is 105 Å². The van der Waals surface area contributed by atoms with Gasteiger partial charge in [-0.25, -0.2) is 28.1 Å². The van der Waals surface area contributed by atoms with Gasteiger partial charge in [0, 0.05) is 44.8 Å². The lowest BCUT2D eigenvalue weighted by atomic mass is 10.0. The van der Waals surface area contributed by atoms with Crippen LogP contribution in [-0.2, 0) is 19.1 Å². The minimum absolute atomic E-state index is 0.0112. The van der Waals surface area contributed by atoms with Crippen molar-refractivity contribution >= 4 is 46.6 Å². The number of unbranched alkanes of at least 4 members (excludes halogenated alkanes) is 2. The predicted molar refractivity (Wildman–Crippen MR) is 215 cm³/mol. The van der Waals surface area contributed by atoms with Crippen LogP contribution >= 0.6 is 0 Å². The van der Waals surface area contributed by atoms with E-state index in [0.29, 0.717) is 63.6 Å². The summed E-state index contributed by atoms with van der Waals surface area (Å²) in [5.41, 5.74) is -2.25. The number of carbonyl (C=O) groups excluding carboxylic acids is 4. The maximum absolute atomic E-state index is 15.9. The lowest BCUT2D eigenvalue weighted by molar-refractivity contribution is -0.138. The van der Waals surface area contributed by atoms with Crippen molar-refractivity contribution in [1.29, 1.82) is 0 Å². The predicted octanol–water partition coefficient (Wildman–Crippen LogP) is 6.85. The molecule has 15 nitrogen and oxygen atoms in total. The van der Waals surface area contributed by atoms with Crippen LogP contribution in [0, 0.1) is 5.82 Å². The Morgan fingerprint density at radius 3 is 2.20 bits per heavy atom. The van der Waals surface area contributed by atoms with Gasteiger partial charge in [0.05, 0.1) is 24.6 Å². The average molecular weight is 830 g/mol. The van der Waals surface area contributed by atoms with Crippen LogP contribution in [0.15, 0.2) is 28.5 Å². The third-order valence-electron chi connectivity index (χ3n) is 10.4. The van der Waals surface area contributed by atoms with Gasteiger partial charge < -0.3 is 39.0 Å². The second-order valence-electron chi connectivity index (χ2n) is 17.4. The average Bonchev–Trinajstić information content (AvgIpc) is 3.87. The number of halogens is 2. The molecule has 2 saturated heterocycles. The zero-order valence-corrected chi connectivity index (χ0v) is 35.1. The molecule has 1 aromatic carbocycles. The van der Waals surface area contributed by atoms with E-state index < -0.39 is 70.5 Å². The van der Waals surface area contributed by atoms with Crippen molar-refractivity contribution in [3.05, 3.63) is 45.3 Å². The molecule has 1 aliphatic carbocycles. The summed E-state index contributed by atoms with van der Waals surface area (Å²) in [6.07, 6.45) is 4.50. The van der Waals surface area contributed by atoms with E-state index in [1.165, 1.54) is 18.2 Å². The van der Waals surface area contributed by atoms with Crippen molar-refractivity contribution in [3.63, 3.8) is 0 Å². The summed E-state index contributed by atoms with van der Waals surface area (Å²) < 4.78 is 49.9. The van der Waals surface area contributed by atoms with Crippen LogP contribution in [-0.4, -0.2) is 107 Å². The molecule has 0 bridgehead atoms. The van der Waals surface area contributed by atoms with Crippen molar-refractivity contribution < 1.29 is 52.1 Å². The first-order chi connectivity index (χ1) is 27.7. The number of piperidine rings is 1. The summed E-state index contributed by atoms with van der Waals surface area (Å²) in [6.45, 7) is 10.5. The summed E-state index contributed by atoms with van der Waals surface area (Å²) in [5, 5.41) is 12.2. The number of anilines is 1. The summed E-state index contributed by atoms with van der Waals surface area (Å²) in [7, 11) is 1.34. The Kier molecular flexibility index (Phi) is 14.0. The highest BCUT2D eigenvalue weighted by Crippen LogP contribution is 2.44. The minimum atomic E-state index is -1.41. The number of rotatable bonds is 13. The summed E-state index contributed by atoms with van der Waals surface area (Å²) in [6, 6.07) is 0.185.